The number of hydrogen-bond donors (Lipinski definition) is 1. The minimum absolute atomic E-state index is 0.00389. The number of aromatic carboxylic acids is 1. The number of esters is 1. The Morgan fingerprint density at radius 1 is 0.722 bits per heavy atom. The lowest BCUT2D eigenvalue weighted by molar-refractivity contribution is 0.0378. The van der Waals surface area contributed by atoms with Crippen LogP contribution in [-0.2, 0) is 24.4 Å². The van der Waals surface area contributed by atoms with Gasteiger partial charge in [0.05, 0.1) is 23.3 Å². The zero-order valence-electron chi connectivity index (χ0n) is 30.7. The predicted octanol–water partition coefficient (Wildman–Crippen LogP) is 9.67. The molecule has 7 nitrogen and oxygen atoms in total. The van der Waals surface area contributed by atoms with E-state index < -0.39 is 11.9 Å². The molecule has 5 aromatic rings. The second kappa shape index (κ2) is 16.0. The number of carboxylic acids is 1. The zero-order chi connectivity index (χ0) is 37.6. The average Bonchev–Trinajstić information content (AvgIpc) is 3.19. The summed E-state index contributed by atoms with van der Waals surface area (Å²) >= 11 is 0. The van der Waals surface area contributed by atoms with Crippen LogP contribution in [-0.4, -0.2) is 29.7 Å². The van der Waals surface area contributed by atoms with Crippen LogP contribution in [0, 0.1) is 0 Å². The fourth-order valence-electron chi connectivity index (χ4n) is 6.93. The lowest BCUT2D eigenvalue weighted by atomic mass is 9.89. The highest BCUT2D eigenvalue weighted by Gasteiger charge is 2.25. The minimum atomic E-state index is -1.14. The van der Waals surface area contributed by atoms with Crippen LogP contribution in [0.2, 0.25) is 0 Å². The third-order valence-electron chi connectivity index (χ3n) is 9.55. The first kappa shape index (κ1) is 35.9. The summed E-state index contributed by atoms with van der Waals surface area (Å²) in [4.78, 5) is 28.1. The third-order valence-corrected chi connectivity index (χ3v) is 9.55. The van der Waals surface area contributed by atoms with Crippen molar-refractivity contribution >= 4 is 28.6 Å². The number of fused-ring (bicyclic) bond motifs is 2. The molecule has 2 aliphatic rings. The molecular formula is C47H43N2O5+. The van der Waals surface area contributed by atoms with Gasteiger partial charge < -0.3 is 19.2 Å². The van der Waals surface area contributed by atoms with Crippen LogP contribution in [0.5, 0.6) is 0 Å². The molecule has 7 rings (SSSR count). The van der Waals surface area contributed by atoms with Crippen LogP contribution in [0.3, 0.4) is 0 Å². The highest BCUT2D eigenvalue weighted by atomic mass is 16.5. The molecule has 5 aromatic carbocycles. The molecule has 0 atom stereocenters. The molecule has 1 N–H and O–H groups in total. The highest BCUT2D eigenvalue weighted by molar-refractivity contribution is 6.09. The second-order valence-electron chi connectivity index (χ2n) is 13.7. The van der Waals surface area contributed by atoms with Gasteiger partial charge in [0.25, 0.3) is 0 Å². The quantitative estimate of drug-likeness (QED) is 0.0771. The Bertz CT molecular complexity index is 2410. The van der Waals surface area contributed by atoms with E-state index in [4.69, 9.17) is 9.15 Å². The normalized spacial score (nSPS) is 11.2. The summed E-state index contributed by atoms with van der Waals surface area (Å²) in [7, 11) is 0. The van der Waals surface area contributed by atoms with Crippen molar-refractivity contribution in [3.05, 3.63) is 179 Å². The molecule has 0 bridgehead atoms. The van der Waals surface area contributed by atoms with Crippen molar-refractivity contribution in [3.63, 3.8) is 0 Å². The van der Waals surface area contributed by atoms with Crippen LogP contribution < -0.4 is 14.8 Å². The number of ether oxygens (including phenoxy) is 1. The van der Waals surface area contributed by atoms with Gasteiger partial charge in [-0.15, -0.1) is 0 Å². The lowest BCUT2D eigenvalue weighted by Crippen LogP contribution is -2.29. The molecule has 0 unspecified atom stereocenters. The van der Waals surface area contributed by atoms with Gasteiger partial charge in [-0.2, -0.15) is 0 Å². The van der Waals surface area contributed by atoms with Gasteiger partial charge in [-0.05, 0) is 62.2 Å². The highest BCUT2D eigenvalue weighted by Crippen LogP contribution is 2.42. The summed E-state index contributed by atoms with van der Waals surface area (Å²) in [6, 6.07) is 48.1. The van der Waals surface area contributed by atoms with Crippen LogP contribution in [0.25, 0.3) is 33.4 Å². The first-order valence-corrected chi connectivity index (χ1v) is 18.3. The van der Waals surface area contributed by atoms with E-state index in [0.717, 1.165) is 35.1 Å². The second-order valence-corrected chi connectivity index (χ2v) is 13.7. The molecule has 0 spiro atoms. The smallest absolute Gasteiger partial charge is 0.338 e. The van der Waals surface area contributed by atoms with Gasteiger partial charge >= 0.3 is 11.9 Å². The van der Waals surface area contributed by atoms with E-state index in [0.29, 0.717) is 35.6 Å². The number of carbonyl (C=O) groups is 2. The Morgan fingerprint density at radius 3 is 1.93 bits per heavy atom. The van der Waals surface area contributed by atoms with Gasteiger partial charge in [0.2, 0.25) is 5.36 Å². The van der Waals surface area contributed by atoms with Crippen molar-refractivity contribution in [1.82, 2.24) is 4.58 Å². The van der Waals surface area contributed by atoms with E-state index in [9.17, 15) is 14.7 Å². The molecule has 0 aromatic heterocycles. The van der Waals surface area contributed by atoms with E-state index in [1.165, 1.54) is 22.8 Å². The molecule has 0 saturated carbocycles. The summed E-state index contributed by atoms with van der Waals surface area (Å²) in [6.07, 6.45) is -0.342. The van der Waals surface area contributed by atoms with E-state index in [2.05, 4.69) is 64.9 Å². The molecule has 0 radical (unpaired) electrons. The van der Waals surface area contributed by atoms with E-state index in [-0.39, 0.29) is 17.2 Å². The van der Waals surface area contributed by atoms with Crippen LogP contribution in [0.4, 0.5) is 5.69 Å². The first-order valence-electron chi connectivity index (χ1n) is 18.3. The fourth-order valence-corrected chi connectivity index (χ4v) is 6.93. The SMILES string of the molecule is CCN(Cc1ccccc1)c1ccc2c(-c3ccc(C(=O)OC(C)C)cc3C(=O)O)c3ccc(=[N+](Cc4ccccc4)Cc4ccccc4)cc-3oc2c1. The van der Waals surface area contributed by atoms with Crippen molar-refractivity contribution in [2.75, 3.05) is 11.4 Å². The number of rotatable bonds is 12. The summed E-state index contributed by atoms with van der Waals surface area (Å²) in [5.41, 5.74) is 7.30. The maximum Gasteiger partial charge on any atom is 0.338 e. The Balaban J connectivity index is 1.46. The third kappa shape index (κ3) is 7.96. The monoisotopic (exact) mass is 715 g/mol. The average molecular weight is 716 g/mol. The van der Waals surface area contributed by atoms with Crippen molar-refractivity contribution in [2.24, 2.45) is 0 Å². The summed E-state index contributed by atoms with van der Waals surface area (Å²) < 4.78 is 14.5. The molecule has 1 aliphatic carbocycles. The standard InChI is InChI=1S/C47H42N2O5/c1-4-48(29-33-14-8-5-9-15-33)37-21-24-40-43(27-37)54-44-28-38(49(30-34-16-10-6-11-17-34)31-35-18-12-7-13-19-35)22-25-41(44)45(40)39-23-20-36(26-42(39)46(50)51)47(52)53-32(2)3/h5-28,32H,4,29-31H2,1-3H3/p+1. The number of benzene rings is 6. The molecule has 0 fully saturated rings. The van der Waals surface area contributed by atoms with Gasteiger partial charge in [-0.25, -0.2) is 14.2 Å². The Hall–Kier alpha value is -6.47. The van der Waals surface area contributed by atoms with E-state index >= 15 is 0 Å². The van der Waals surface area contributed by atoms with Crippen molar-refractivity contribution < 1.29 is 23.8 Å². The van der Waals surface area contributed by atoms with Crippen molar-refractivity contribution in [3.8, 4) is 22.5 Å². The Morgan fingerprint density at radius 2 is 1.33 bits per heavy atom. The number of hydrogen-bond acceptors (Lipinski definition) is 5. The van der Waals surface area contributed by atoms with Crippen molar-refractivity contribution in [1.29, 1.82) is 0 Å². The summed E-state index contributed by atoms with van der Waals surface area (Å²) in [6.45, 7) is 8.50. The number of anilines is 1. The fraction of sp³-hybridized carbons (Fsp3) is 0.170. The van der Waals surface area contributed by atoms with E-state index in [1.54, 1.807) is 26.0 Å². The summed E-state index contributed by atoms with van der Waals surface area (Å²) in [5, 5.41) is 12.3. The molecule has 1 heterocycles. The predicted molar refractivity (Wildman–Crippen MR) is 215 cm³/mol. The van der Waals surface area contributed by atoms with Gasteiger partial charge in [0, 0.05) is 58.5 Å². The number of carbonyl (C=O) groups excluding carboxylic acids is 1. The Labute approximate surface area is 315 Å². The molecule has 54 heavy (non-hydrogen) atoms. The number of nitrogens with zero attached hydrogens (tertiary/aromatic N) is 2. The van der Waals surface area contributed by atoms with Crippen LogP contribution in [0.1, 0.15) is 58.2 Å². The maximum atomic E-state index is 12.9. The van der Waals surface area contributed by atoms with E-state index in [1.807, 2.05) is 78.9 Å². The molecule has 7 heteroatoms. The summed E-state index contributed by atoms with van der Waals surface area (Å²) in [5.74, 6) is -1.10. The maximum absolute atomic E-state index is 12.9. The lowest BCUT2D eigenvalue weighted by Gasteiger charge is -2.24. The van der Waals surface area contributed by atoms with Gasteiger partial charge in [-0.3, -0.25) is 0 Å². The molecule has 0 saturated heterocycles. The Kier molecular flexibility index (Phi) is 10.7. The zero-order valence-corrected chi connectivity index (χ0v) is 30.7. The van der Waals surface area contributed by atoms with Crippen molar-refractivity contribution in [2.45, 2.75) is 46.5 Å². The first-order chi connectivity index (χ1) is 26.3. The minimum Gasteiger partial charge on any atom is -0.478 e. The van der Waals surface area contributed by atoms with Crippen LogP contribution in [0.15, 0.2) is 150 Å². The van der Waals surface area contributed by atoms with Gasteiger partial charge in [-0.1, -0.05) is 97.1 Å². The largest absolute Gasteiger partial charge is 0.478 e. The molecule has 1 aliphatic heterocycles. The molecule has 0 amide bonds. The van der Waals surface area contributed by atoms with Crippen LogP contribution >= 0.6 is 0 Å². The number of carboxylic acid groups (broad SMARTS) is 1. The van der Waals surface area contributed by atoms with Gasteiger partial charge in [0.15, 0.2) is 13.1 Å². The van der Waals surface area contributed by atoms with Gasteiger partial charge in [0.1, 0.15) is 11.3 Å². The molecular weight excluding hydrogens is 673 g/mol. The topological polar surface area (TPSA) is 83.0 Å². The molecule has 270 valence electrons.